The molecule has 5 rings (SSSR count). The third-order valence-electron chi connectivity index (χ3n) is 6.09. The maximum Gasteiger partial charge on any atom is 0.260 e. The minimum Gasteiger partial charge on any atom is -0.484 e. The summed E-state index contributed by atoms with van der Waals surface area (Å²) in [5, 5.41) is 2.81. The zero-order valence-corrected chi connectivity index (χ0v) is 17.0. The molecule has 0 aromatic heterocycles. The molecule has 1 saturated heterocycles. The Labute approximate surface area is 175 Å². The van der Waals surface area contributed by atoms with Gasteiger partial charge in [0.25, 0.3) is 5.91 Å². The summed E-state index contributed by atoms with van der Waals surface area (Å²) < 4.78 is 25.3. The third kappa shape index (κ3) is 3.50. The number of anilines is 1. The second-order valence-electron chi connectivity index (χ2n) is 8.09. The Balaban J connectivity index is 1.39. The number of ether oxygens (including phenoxy) is 2. The van der Waals surface area contributed by atoms with Crippen molar-refractivity contribution in [3.05, 3.63) is 64.5 Å². The van der Waals surface area contributed by atoms with Crippen LogP contribution in [-0.2, 0) is 20.7 Å². The van der Waals surface area contributed by atoms with Crippen LogP contribution in [0.2, 0.25) is 0 Å². The molecule has 6 heteroatoms. The molecular formula is C24H25FN2O3. The van der Waals surface area contributed by atoms with E-state index >= 15 is 0 Å². The van der Waals surface area contributed by atoms with E-state index in [4.69, 9.17) is 9.47 Å². The summed E-state index contributed by atoms with van der Waals surface area (Å²) in [4.78, 5) is 15.1. The van der Waals surface area contributed by atoms with Crippen LogP contribution in [0.3, 0.4) is 0 Å². The largest absolute Gasteiger partial charge is 0.484 e. The van der Waals surface area contributed by atoms with E-state index in [1.165, 1.54) is 17.7 Å². The minimum atomic E-state index is -0.370. The molecule has 1 unspecified atom stereocenters. The molecule has 30 heavy (non-hydrogen) atoms. The normalized spacial score (nSPS) is 23.1. The average Bonchev–Trinajstić information content (AvgIpc) is 3.24. The molecule has 0 saturated carbocycles. The molecule has 0 aliphatic carbocycles. The first-order valence-electron chi connectivity index (χ1n) is 10.6. The van der Waals surface area contributed by atoms with Crippen molar-refractivity contribution in [2.45, 2.75) is 25.9 Å². The highest BCUT2D eigenvalue weighted by Gasteiger charge is 2.35. The maximum absolute atomic E-state index is 13.8. The van der Waals surface area contributed by atoms with Crippen LogP contribution in [0.15, 0.2) is 36.4 Å². The molecule has 156 valence electrons. The number of halogens is 1. The van der Waals surface area contributed by atoms with Crippen LogP contribution in [0.1, 0.15) is 41.7 Å². The van der Waals surface area contributed by atoms with Crippen molar-refractivity contribution in [2.75, 3.05) is 38.2 Å². The first-order chi connectivity index (χ1) is 14.6. The average molecular weight is 408 g/mol. The maximum atomic E-state index is 13.8. The predicted octanol–water partition coefficient (Wildman–Crippen LogP) is 4.00. The van der Waals surface area contributed by atoms with Gasteiger partial charge in [0.15, 0.2) is 0 Å². The highest BCUT2D eigenvalue weighted by Crippen LogP contribution is 2.45. The molecule has 1 fully saturated rings. The smallest absolute Gasteiger partial charge is 0.260 e. The number of carbonyl (C=O) groups excluding carboxylic acids is 1. The molecule has 5 nitrogen and oxygen atoms in total. The third-order valence-corrected chi connectivity index (χ3v) is 6.09. The van der Waals surface area contributed by atoms with Gasteiger partial charge in [-0.15, -0.1) is 0 Å². The number of benzene rings is 2. The number of amides is 1. The lowest BCUT2D eigenvalue weighted by molar-refractivity contribution is -0.110. The van der Waals surface area contributed by atoms with E-state index in [1.54, 1.807) is 6.07 Å². The van der Waals surface area contributed by atoms with Gasteiger partial charge in [0, 0.05) is 35.5 Å². The molecule has 3 heterocycles. The van der Waals surface area contributed by atoms with Crippen LogP contribution in [0, 0.1) is 5.82 Å². The lowest BCUT2D eigenvalue weighted by Crippen LogP contribution is -2.36. The van der Waals surface area contributed by atoms with Gasteiger partial charge in [-0.2, -0.15) is 0 Å². The van der Waals surface area contributed by atoms with Gasteiger partial charge in [0.2, 0.25) is 0 Å². The van der Waals surface area contributed by atoms with Crippen LogP contribution in [0.4, 0.5) is 10.1 Å². The van der Waals surface area contributed by atoms with Crippen molar-refractivity contribution in [3.63, 3.8) is 0 Å². The van der Waals surface area contributed by atoms with Crippen molar-refractivity contribution in [2.24, 2.45) is 0 Å². The Morgan fingerprint density at radius 2 is 1.97 bits per heavy atom. The van der Waals surface area contributed by atoms with Crippen LogP contribution in [-0.4, -0.2) is 43.7 Å². The van der Waals surface area contributed by atoms with Gasteiger partial charge < -0.3 is 14.8 Å². The number of nitrogens with zero attached hydrogens (tertiary/aromatic N) is 1. The quantitative estimate of drug-likeness (QED) is 0.777. The fraction of sp³-hybridized carbons (Fsp3) is 0.375. The van der Waals surface area contributed by atoms with Crippen molar-refractivity contribution in [3.8, 4) is 0 Å². The van der Waals surface area contributed by atoms with Gasteiger partial charge in [0.1, 0.15) is 17.7 Å². The summed E-state index contributed by atoms with van der Waals surface area (Å²) in [5.41, 5.74) is 4.86. The van der Waals surface area contributed by atoms with Gasteiger partial charge in [-0.1, -0.05) is 18.2 Å². The second-order valence-corrected chi connectivity index (χ2v) is 8.09. The Hall–Kier alpha value is -2.70. The Morgan fingerprint density at radius 1 is 1.13 bits per heavy atom. The van der Waals surface area contributed by atoms with Gasteiger partial charge >= 0.3 is 0 Å². The van der Waals surface area contributed by atoms with Gasteiger partial charge in [-0.3, -0.25) is 9.69 Å². The first-order valence-corrected chi connectivity index (χ1v) is 10.6. The fourth-order valence-electron chi connectivity index (χ4n) is 4.50. The Kier molecular flexibility index (Phi) is 5.05. The predicted molar refractivity (Wildman–Crippen MR) is 113 cm³/mol. The summed E-state index contributed by atoms with van der Waals surface area (Å²) in [5.74, 6) is -0.0790. The zero-order valence-electron chi connectivity index (χ0n) is 17.0. The van der Waals surface area contributed by atoms with Crippen molar-refractivity contribution >= 4 is 22.9 Å². The molecule has 1 amide bonds. The topological polar surface area (TPSA) is 50.8 Å². The minimum absolute atomic E-state index is 0.146. The molecule has 3 aliphatic rings. The number of nitrogens with one attached hydrogen (secondary N) is 1. The van der Waals surface area contributed by atoms with Gasteiger partial charge in [0.05, 0.1) is 18.8 Å². The number of hydrogen-bond acceptors (Lipinski definition) is 4. The van der Waals surface area contributed by atoms with E-state index < -0.39 is 0 Å². The van der Waals surface area contributed by atoms with Gasteiger partial charge in [-0.25, -0.2) is 4.39 Å². The molecular weight excluding hydrogens is 383 g/mol. The van der Waals surface area contributed by atoms with Crippen molar-refractivity contribution in [1.82, 2.24) is 4.90 Å². The summed E-state index contributed by atoms with van der Waals surface area (Å²) in [7, 11) is 0. The van der Waals surface area contributed by atoms with E-state index in [9.17, 15) is 9.18 Å². The van der Waals surface area contributed by atoms with Crippen LogP contribution in [0.25, 0.3) is 11.3 Å². The fourth-order valence-corrected chi connectivity index (χ4v) is 4.50. The van der Waals surface area contributed by atoms with Gasteiger partial charge in [-0.05, 0) is 50.1 Å². The lowest BCUT2D eigenvalue weighted by atomic mass is 9.96. The number of carbonyl (C=O) groups is 1. The summed E-state index contributed by atoms with van der Waals surface area (Å²) in [6.07, 6.45) is 1.95. The van der Waals surface area contributed by atoms with Crippen LogP contribution >= 0.6 is 0 Å². The molecule has 3 aliphatic heterocycles. The summed E-state index contributed by atoms with van der Waals surface area (Å²) in [6, 6.07) is 10.7. The first kappa shape index (κ1) is 19.3. The summed E-state index contributed by atoms with van der Waals surface area (Å²) >= 11 is 0. The molecule has 0 spiro atoms. The molecule has 2 aromatic rings. The zero-order chi connectivity index (χ0) is 20.7. The van der Waals surface area contributed by atoms with E-state index in [0.717, 1.165) is 56.8 Å². The molecule has 1 N–H and O–H groups in total. The number of rotatable bonds is 4. The second kappa shape index (κ2) is 7.85. The summed E-state index contributed by atoms with van der Waals surface area (Å²) in [6.45, 7) is 6.73. The monoisotopic (exact) mass is 408 g/mol. The van der Waals surface area contributed by atoms with E-state index in [1.807, 2.05) is 13.0 Å². The van der Waals surface area contributed by atoms with E-state index in [0.29, 0.717) is 22.6 Å². The van der Waals surface area contributed by atoms with E-state index in [-0.39, 0.29) is 17.8 Å². The Morgan fingerprint density at radius 3 is 2.80 bits per heavy atom. The van der Waals surface area contributed by atoms with Crippen LogP contribution < -0.4 is 5.32 Å². The highest BCUT2D eigenvalue weighted by molar-refractivity contribution is 6.36. The Bertz CT molecular complexity index is 1030. The number of fused-ring (bicyclic) bond motifs is 2. The SMILES string of the molecule is CC1O/C(=C2/C(=O)Nc3ccc(F)cc32)c2ccc(CCCN3CCOCC3)cc21. The van der Waals surface area contributed by atoms with Crippen LogP contribution in [0.5, 0.6) is 0 Å². The molecule has 1 atom stereocenters. The van der Waals surface area contributed by atoms with Crippen molar-refractivity contribution in [1.29, 1.82) is 0 Å². The number of aryl methyl sites for hydroxylation is 1. The molecule has 0 radical (unpaired) electrons. The standard InChI is InChI=1S/C24H25FN2O3/c1-15-19-13-16(3-2-8-27-9-11-29-12-10-27)4-6-18(19)23(30-15)22-20-14-17(25)5-7-21(20)26-24(22)28/h4-7,13-15H,2-3,8-12H2,1H3,(H,26,28)/b23-22+. The lowest BCUT2D eigenvalue weighted by Gasteiger charge is -2.26. The highest BCUT2D eigenvalue weighted by atomic mass is 19.1. The number of morpholine rings is 1. The van der Waals surface area contributed by atoms with Crippen molar-refractivity contribution < 1.29 is 18.7 Å². The number of hydrogen-bond donors (Lipinski definition) is 1. The molecule has 2 aromatic carbocycles. The molecule has 0 bridgehead atoms. The van der Waals surface area contributed by atoms with E-state index in [2.05, 4.69) is 22.3 Å².